The highest BCUT2D eigenvalue weighted by Crippen LogP contribution is 2.28. The molecule has 0 radical (unpaired) electrons. The minimum absolute atomic E-state index is 0.00785. The molecule has 0 aromatic heterocycles. The van der Waals surface area contributed by atoms with Crippen LogP contribution in [0.5, 0.6) is 0 Å². The van der Waals surface area contributed by atoms with Crippen LogP contribution in [0.1, 0.15) is 27.2 Å². The van der Waals surface area contributed by atoms with Crippen LogP contribution in [0.3, 0.4) is 0 Å². The van der Waals surface area contributed by atoms with Crippen LogP contribution in [0.4, 0.5) is 11.4 Å². The van der Waals surface area contributed by atoms with E-state index >= 15 is 0 Å². The van der Waals surface area contributed by atoms with Crippen molar-refractivity contribution in [2.75, 3.05) is 16.8 Å². The number of carboxylic acids is 1. The Morgan fingerprint density at radius 1 is 1.32 bits per heavy atom. The van der Waals surface area contributed by atoms with Gasteiger partial charge >= 0.3 is 5.97 Å². The molecule has 118 valence electrons. The van der Waals surface area contributed by atoms with Gasteiger partial charge in [0.1, 0.15) is 0 Å². The minimum Gasteiger partial charge on any atom is -0.481 e. The summed E-state index contributed by atoms with van der Waals surface area (Å²) >= 11 is 0. The minimum atomic E-state index is -0.965. The third-order valence-electron chi connectivity index (χ3n) is 3.57. The van der Waals surface area contributed by atoms with Gasteiger partial charge in [-0.05, 0) is 18.2 Å². The zero-order chi connectivity index (χ0) is 16.5. The van der Waals surface area contributed by atoms with E-state index in [0.29, 0.717) is 11.4 Å². The van der Waals surface area contributed by atoms with Gasteiger partial charge < -0.3 is 15.3 Å². The molecule has 1 heterocycles. The Balaban J connectivity index is 2.17. The van der Waals surface area contributed by atoms with E-state index < -0.39 is 17.3 Å². The monoisotopic (exact) mass is 304 g/mol. The molecule has 0 aliphatic carbocycles. The Hall–Kier alpha value is -2.37. The lowest BCUT2D eigenvalue weighted by Crippen LogP contribution is -2.28. The molecule has 22 heavy (non-hydrogen) atoms. The van der Waals surface area contributed by atoms with Gasteiger partial charge in [0.15, 0.2) is 0 Å². The van der Waals surface area contributed by atoms with Gasteiger partial charge in [-0.25, -0.2) is 0 Å². The number of anilines is 2. The van der Waals surface area contributed by atoms with Gasteiger partial charge in [0.25, 0.3) is 0 Å². The summed E-state index contributed by atoms with van der Waals surface area (Å²) in [5, 5.41) is 11.8. The molecule has 2 rings (SSSR count). The lowest BCUT2D eigenvalue weighted by Gasteiger charge is -2.20. The van der Waals surface area contributed by atoms with Gasteiger partial charge in [-0.2, -0.15) is 0 Å². The van der Waals surface area contributed by atoms with Crippen LogP contribution in [0.2, 0.25) is 0 Å². The number of amides is 2. The lowest BCUT2D eigenvalue weighted by atomic mass is 9.95. The van der Waals surface area contributed by atoms with E-state index in [4.69, 9.17) is 5.11 Å². The van der Waals surface area contributed by atoms with Crippen LogP contribution >= 0.6 is 0 Å². The zero-order valence-electron chi connectivity index (χ0n) is 12.9. The molecule has 0 unspecified atom stereocenters. The van der Waals surface area contributed by atoms with E-state index in [0.717, 1.165) is 0 Å². The molecule has 2 amide bonds. The number of carboxylic acid groups (broad SMARTS) is 1. The quantitative estimate of drug-likeness (QED) is 0.895. The van der Waals surface area contributed by atoms with Crippen molar-refractivity contribution >= 4 is 29.2 Å². The van der Waals surface area contributed by atoms with Crippen LogP contribution in [-0.2, 0) is 14.4 Å². The number of aliphatic carboxylic acids is 1. The number of benzene rings is 1. The first-order chi connectivity index (χ1) is 10.2. The molecule has 6 nitrogen and oxygen atoms in total. The number of carbonyl (C=O) groups is 3. The van der Waals surface area contributed by atoms with Gasteiger partial charge in [0.05, 0.1) is 5.92 Å². The van der Waals surface area contributed by atoms with Crippen LogP contribution in [0, 0.1) is 11.3 Å². The molecule has 1 aliphatic rings. The molecule has 1 aliphatic heterocycles. The molecule has 0 spiro atoms. The summed E-state index contributed by atoms with van der Waals surface area (Å²) in [6.07, 6.45) is 0.00785. The van der Waals surface area contributed by atoms with E-state index in [9.17, 15) is 14.4 Å². The summed E-state index contributed by atoms with van der Waals surface area (Å²) in [6.45, 7) is 5.60. The smallest absolute Gasteiger partial charge is 0.308 e. The fourth-order valence-corrected chi connectivity index (χ4v) is 2.19. The van der Waals surface area contributed by atoms with E-state index in [1.54, 1.807) is 24.3 Å². The predicted octanol–water partition coefficient (Wildman–Crippen LogP) is 2.11. The lowest BCUT2D eigenvalue weighted by molar-refractivity contribution is -0.141. The molecule has 6 heteroatoms. The maximum absolute atomic E-state index is 12.0. The van der Waals surface area contributed by atoms with Crippen molar-refractivity contribution in [3.05, 3.63) is 24.3 Å². The van der Waals surface area contributed by atoms with Crippen molar-refractivity contribution in [3.8, 4) is 0 Å². The SMILES string of the molecule is CC(C)(C)C(=O)Nc1cccc(N2C[C@H](C(=O)O)CC2=O)c1. The van der Waals surface area contributed by atoms with Crippen LogP contribution in [-0.4, -0.2) is 29.4 Å². The highest BCUT2D eigenvalue weighted by Gasteiger charge is 2.35. The second-order valence-electron chi connectivity index (χ2n) is 6.50. The summed E-state index contributed by atoms with van der Waals surface area (Å²) in [4.78, 5) is 36.4. The molecule has 1 aromatic carbocycles. The van der Waals surface area contributed by atoms with Crippen molar-refractivity contribution in [3.63, 3.8) is 0 Å². The number of hydrogen-bond acceptors (Lipinski definition) is 3. The molecule has 0 saturated carbocycles. The normalized spacial score (nSPS) is 18.4. The number of carbonyl (C=O) groups excluding carboxylic acids is 2. The van der Waals surface area contributed by atoms with E-state index in [1.165, 1.54) is 4.90 Å². The van der Waals surface area contributed by atoms with Gasteiger partial charge in [-0.1, -0.05) is 26.8 Å². The van der Waals surface area contributed by atoms with Crippen molar-refractivity contribution in [2.24, 2.45) is 11.3 Å². The number of rotatable bonds is 3. The van der Waals surface area contributed by atoms with Gasteiger partial charge in [0, 0.05) is 29.8 Å². The summed E-state index contributed by atoms with van der Waals surface area (Å²) < 4.78 is 0. The first-order valence-electron chi connectivity index (χ1n) is 7.13. The average molecular weight is 304 g/mol. The molecule has 1 saturated heterocycles. The van der Waals surface area contributed by atoms with E-state index in [1.807, 2.05) is 20.8 Å². The maximum Gasteiger partial charge on any atom is 0.308 e. The van der Waals surface area contributed by atoms with Crippen LogP contribution in [0.15, 0.2) is 24.3 Å². The van der Waals surface area contributed by atoms with Crippen LogP contribution < -0.4 is 10.2 Å². The van der Waals surface area contributed by atoms with Crippen molar-refractivity contribution < 1.29 is 19.5 Å². The number of hydrogen-bond donors (Lipinski definition) is 2. The molecule has 1 atom stereocenters. The third-order valence-corrected chi connectivity index (χ3v) is 3.57. The van der Waals surface area contributed by atoms with Crippen molar-refractivity contribution in [1.82, 2.24) is 0 Å². The Labute approximate surface area is 129 Å². The van der Waals surface area contributed by atoms with Crippen molar-refractivity contribution in [1.29, 1.82) is 0 Å². The summed E-state index contributed by atoms with van der Waals surface area (Å²) in [5.74, 6) is -1.99. The second-order valence-corrected chi connectivity index (χ2v) is 6.50. The highest BCUT2D eigenvalue weighted by molar-refractivity contribution is 6.00. The summed E-state index contributed by atoms with van der Waals surface area (Å²) in [7, 11) is 0. The standard InChI is InChI=1S/C16H20N2O4/c1-16(2,3)15(22)17-11-5-4-6-12(8-11)18-9-10(14(20)21)7-13(18)19/h4-6,8,10H,7,9H2,1-3H3,(H,17,22)(H,20,21)/t10-/m1/s1. The molecular weight excluding hydrogens is 284 g/mol. The first kappa shape index (κ1) is 16.0. The van der Waals surface area contributed by atoms with Gasteiger partial charge in [0.2, 0.25) is 11.8 Å². The molecule has 1 aromatic rings. The van der Waals surface area contributed by atoms with E-state index in [-0.39, 0.29) is 24.8 Å². The Kier molecular flexibility index (Phi) is 4.21. The zero-order valence-corrected chi connectivity index (χ0v) is 12.9. The topological polar surface area (TPSA) is 86.7 Å². The molecule has 1 fully saturated rings. The molecule has 2 N–H and O–H groups in total. The number of nitrogens with zero attached hydrogens (tertiary/aromatic N) is 1. The largest absolute Gasteiger partial charge is 0.481 e. The van der Waals surface area contributed by atoms with Gasteiger partial charge in [-0.15, -0.1) is 0 Å². The maximum atomic E-state index is 12.0. The number of nitrogens with one attached hydrogen (secondary N) is 1. The van der Waals surface area contributed by atoms with Crippen LogP contribution in [0.25, 0.3) is 0 Å². The van der Waals surface area contributed by atoms with E-state index in [2.05, 4.69) is 5.32 Å². The summed E-state index contributed by atoms with van der Waals surface area (Å²) in [5.41, 5.74) is 0.665. The fourth-order valence-electron chi connectivity index (χ4n) is 2.19. The predicted molar refractivity (Wildman–Crippen MR) is 82.6 cm³/mol. The van der Waals surface area contributed by atoms with Crippen molar-refractivity contribution in [2.45, 2.75) is 27.2 Å². The third kappa shape index (κ3) is 3.44. The summed E-state index contributed by atoms with van der Waals surface area (Å²) in [6, 6.07) is 6.89. The Morgan fingerprint density at radius 2 is 2.00 bits per heavy atom. The second kappa shape index (κ2) is 5.79. The fraction of sp³-hybridized carbons (Fsp3) is 0.438. The Morgan fingerprint density at radius 3 is 2.55 bits per heavy atom. The molecular formula is C16H20N2O4. The Bertz CT molecular complexity index is 619. The van der Waals surface area contributed by atoms with Gasteiger partial charge in [-0.3, -0.25) is 14.4 Å². The molecule has 0 bridgehead atoms. The first-order valence-corrected chi connectivity index (χ1v) is 7.13. The average Bonchev–Trinajstić information content (AvgIpc) is 2.80. The highest BCUT2D eigenvalue weighted by atomic mass is 16.4.